The summed E-state index contributed by atoms with van der Waals surface area (Å²) in [6.07, 6.45) is 0. The maximum Gasteiger partial charge on any atom is 0.147 e. The Morgan fingerprint density at radius 2 is 2.40 bits per heavy atom. The zero-order valence-corrected chi connectivity index (χ0v) is 9.56. The van der Waals surface area contributed by atoms with E-state index in [0.29, 0.717) is 12.6 Å². The summed E-state index contributed by atoms with van der Waals surface area (Å²) in [5.74, 6) is 0.858. The summed E-state index contributed by atoms with van der Waals surface area (Å²) in [5, 5.41) is 0. The van der Waals surface area contributed by atoms with Crippen molar-refractivity contribution in [3.8, 4) is 0 Å². The molecule has 1 aromatic carbocycles. The fourth-order valence-corrected chi connectivity index (χ4v) is 3.01. The highest BCUT2D eigenvalue weighted by Gasteiger charge is 2.25. The average molecular weight is 226 g/mol. The minimum Gasteiger partial charge on any atom is -0.363 e. The number of fused-ring (bicyclic) bond motifs is 1. The molecular weight excluding hydrogens is 211 g/mol. The first-order valence-electron chi connectivity index (χ1n) is 5.12. The fourth-order valence-electron chi connectivity index (χ4n) is 1.88. The van der Waals surface area contributed by atoms with Gasteiger partial charge in [0.15, 0.2) is 0 Å². The predicted molar refractivity (Wildman–Crippen MR) is 63.0 cm³/mol. The highest BCUT2D eigenvalue weighted by molar-refractivity contribution is 7.99. The van der Waals surface area contributed by atoms with Crippen LogP contribution in [0.5, 0.6) is 0 Å². The van der Waals surface area contributed by atoms with E-state index in [1.165, 1.54) is 6.07 Å². The topological polar surface area (TPSA) is 29.3 Å². The lowest BCUT2D eigenvalue weighted by molar-refractivity contribution is 0.592. The van der Waals surface area contributed by atoms with Crippen LogP contribution in [0.3, 0.4) is 0 Å². The average Bonchev–Trinajstić information content (AvgIpc) is 2.23. The Hall–Kier alpha value is -0.740. The number of anilines is 1. The molecule has 0 radical (unpaired) electrons. The lowest BCUT2D eigenvalue weighted by atomic mass is 10.2. The summed E-state index contributed by atoms with van der Waals surface area (Å²) in [4.78, 5) is 3.10. The molecule has 15 heavy (non-hydrogen) atoms. The Kier molecular flexibility index (Phi) is 3.17. The van der Waals surface area contributed by atoms with Crippen LogP contribution in [0.2, 0.25) is 0 Å². The van der Waals surface area contributed by atoms with Gasteiger partial charge in [0.1, 0.15) is 5.82 Å². The van der Waals surface area contributed by atoms with E-state index in [4.69, 9.17) is 5.73 Å². The van der Waals surface area contributed by atoms with E-state index in [1.54, 1.807) is 17.8 Å². The minimum atomic E-state index is -0.139. The third-order valence-corrected chi connectivity index (χ3v) is 3.91. The van der Waals surface area contributed by atoms with Crippen LogP contribution in [-0.2, 0) is 0 Å². The first-order valence-corrected chi connectivity index (χ1v) is 6.10. The van der Waals surface area contributed by atoms with Gasteiger partial charge in [0.25, 0.3) is 0 Å². The number of rotatable bonds is 2. The quantitative estimate of drug-likeness (QED) is 0.837. The number of nitrogens with two attached hydrogens (primary N) is 1. The molecule has 2 rings (SSSR count). The summed E-state index contributed by atoms with van der Waals surface area (Å²) < 4.78 is 13.7. The Balaban J connectivity index is 2.41. The second-order valence-electron chi connectivity index (χ2n) is 3.73. The fraction of sp³-hybridized carbons (Fsp3) is 0.455. The molecule has 0 fully saturated rings. The predicted octanol–water partition coefficient (Wildman–Crippen LogP) is 2.09. The van der Waals surface area contributed by atoms with E-state index < -0.39 is 0 Å². The smallest absolute Gasteiger partial charge is 0.147 e. The van der Waals surface area contributed by atoms with Crippen LogP contribution < -0.4 is 10.6 Å². The number of thioether (sulfide) groups is 1. The lowest BCUT2D eigenvalue weighted by Crippen LogP contribution is -2.41. The molecule has 1 unspecified atom stereocenters. The number of para-hydroxylation sites is 1. The summed E-state index contributed by atoms with van der Waals surface area (Å²) in [6, 6.07) is 5.60. The molecule has 4 heteroatoms. The molecule has 1 heterocycles. The van der Waals surface area contributed by atoms with Gasteiger partial charge < -0.3 is 10.6 Å². The molecule has 1 atom stereocenters. The van der Waals surface area contributed by atoms with Crippen LogP contribution in [0.4, 0.5) is 10.1 Å². The van der Waals surface area contributed by atoms with Crippen LogP contribution in [0.1, 0.15) is 6.92 Å². The zero-order chi connectivity index (χ0) is 10.8. The van der Waals surface area contributed by atoms with Crippen molar-refractivity contribution in [3.05, 3.63) is 24.0 Å². The number of hydrogen-bond acceptors (Lipinski definition) is 3. The highest BCUT2D eigenvalue weighted by atomic mass is 32.2. The van der Waals surface area contributed by atoms with E-state index in [-0.39, 0.29) is 5.82 Å². The molecule has 1 aromatic rings. The van der Waals surface area contributed by atoms with Gasteiger partial charge >= 0.3 is 0 Å². The Morgan fingerprint density at radius 1 is 1.60 bits per heavy atom. The van der Waals surface area contributed by atoms with Crippen LogP contribution in [0.25, 0.3) is 0 Å². The van der Waals surface area contributed by atoms with E-state index in [9.17, 15) is 4.39 Å². The molecule has 0 aliphatic carbocycles. The van der Waals surface area contributed by atoms with Crippen molar-refractivity contribution < 1.29 is 4.39 Å². The van der Waals surface area contributed by atoms with Crippen molar-refractivity contribution in [2.24, 2.45) is 5.73 Å². The SMILES string of the molecule is CC1CSc2cccc(F)c2N1CCN. The number of nitrogens with zero attached hydrogens (tertiary/aromatic N) is 1. The van der Waals surface area contributed by atoms with Gasteiger partial charge in [0, 0.05) is 29.8 Å². The lowest BCUT2D eigenvalue weighted by Gasteiger charge is -2.36. The number of halogens is 1. The molecule has 1 aliphatic rings. The number of benzene rings is 1. The van der Waals surface area contributed by atoms with Gasteiger partial charge in [-0.3, -0.25) is 0 Å². The molecule has 2 N–H and O–H groups in total. The van der Waals surface area contributed by atoms with Crippen LogP contribution >= 0.6 is 11.8 Å². The molecule has 82 valence electrons. The Morgan fingerprint density at radius 3 is 3.13 bits per heavy atom. The molecule has 0 saturated carbocycles. The van der Waals surface area contributed by atoms with E-state index in [0.717, 1.165) is 22.9 Å². The van der Waals surface area contributed by atoms with Gasteiger partial charge in [-0.1, -0.05) is 6.07 Å². The molecule has 1 aliphatic heterocycles. The Labute approximate surface area is 93.6 Å². The maximum absolute atomic E-state index is 13.7. The monoisotopic (exact) mass is 226 g/mol. The van der Waals surface area contributed by atoms with Gasteiger partial charge in [-0.15, -0.1) is 11.8 Å². The van der Waals surface area contributed by atoms with Crippen LogP contribution in [-0.4, -0.2) is 24.9 Å². The third kappa shape index (κ3) is 1.96. The highest BCUT2D eigenvalue weighted by Crippen LogP contribution is 2.38. The zero-order valence-electron chi connectivity index (χ0n) is 8.74. The van der Waals surface area contributed by atoms with Gasteiger partial charge in [-0.2, -0.15) is 0 Å². The Bertz CT molecular complexity index is 356. The molecule has 0 spiro atoms. The molecule has 0 bridgehead atoms. The molecule has 2 nitrogen and oxygen atoms in total. The van der Waals surface area contributed by atoms with E-state index >= 15 is 0 Å². The maximum atomic E-state index is 13.7. The van der Waals surface area contributed by atoms with Crippen molar-refractivity contribution in [3.63, 3.8) is 0 Å². The van der Waals surface area contributed by atoms with Crippen molar-refractivity contribution in [1.82, 2.24) is 0 Å². The third-order valence-electron chi connectivity index (χ3n) is 2.62. The first kappa shape index (κ1) is 10.8. The molecule has 0 saturated heterocycles. The van der Waals surface area contributed by atoms with Crippen LogP contribution in [0, 0.1) is 5.82 Å². The van der Waals surface area contributed by atoms with Crippen molar-refractivity contribution in [2.45, 2.75) is 17.9 Å². The summed E-state index contributed by atoms with van der Waals surface area (Å²) in [5.41, 5.74) is 6.29. The van der Waals surface area contributed by atoms with E-state index in [1.807, 2.05) is 6.07 Å². The van der Waals surface area contributed by atoms with Crippen molar-refractivity contribution >= 4 is 17.4 Å². The van der Waals surface area contributed by atoms with Gasteiger partial charge in [0.2, 0.25) is 0 Å². The second-order valence-corrected chi connectivity index (χ2v) is 4.79. The molecule has 0 amide bonds. The van der Waals surface area contributed by atoms with Crippen molar-refractivity contribution in [1.29, 1.82) is 0 Å². The van der Waals surface area contributed by atoms with Gasteiger partial charge in [-0.05, 0) is 19.1 Å². The standard InChI is InChI=1S/C11H15FN2S/c1-8-7-15-10-4-2-3-9(12)11(10)14(8)6-5-13/h2-4,8H,5-7,13H2,1H3. The minimum absolute atomic E-state index is 0.139. The first-order chi connectivity index (χ1) is 7.24. The normalized spacial score (nSPS) is 20.2. The van der Waals surface area contributed by atoms with Crippen molar-refractivity contribution in [2.75, 3.05) is 23.7 Å². The second kappa shape index (κ2) is 4.41. The van der Waals surface area contributed by atoms with Crippen LogP contribution in [0.15, 0.2) is 23.1 Å². The van der Waals surface area contributed by atoms with Gasteiger partial charge in [-0.25, -0.2) is 4.39 Å². The largest absolute Gasteiger partial charge is 0.363 e. The molecule has 0 aromatic heterocycles. The summed E-state index contributed by atoms with van der Waals surface area (Å²) in [6.45, 7) is 3.39. The summed E-state index contributed by atoms with van der Waals surface area (Å²) >= 11 is 1.72. The number of hydrogen-bond donors (Lipinski definition) is 1. The van der Waals surface area contributed by atoms with E-state index in [2.05, 4.69) is 11.8 Å². The summed E-state index contributed by atoms with van der Waals surface area (Å²) in [7, 11) is 0. The molecular formula is C11H15FN2S. The van der Waals surface area contributed by atoms with Gasteiger partial charge in [0.05, 0.1) is 5.69 Å².